The molecule has 0 radical (unpaired) electrons. The number of amides is 2. The minimum atomic E-state index is -0.146. The zero-order valence-corrected chi connectivity index (χ0v) is 9.93. The number of carbonyl (C=O) groups excluding carboxylic acids is 1. The molecule has 0 bridgehead atoms. The number of nitrogens with two attached hydrogens (primary N) is 1. The highest BCUT2D eigenvalue weighted by Gasteiger charge is 2.29. The topological polar surface area (TPSA) is 67.1 Å². The van der Waals surface area contributed by atoms with Crippen LogP contribution in [0.2, 0.25) is 0 Å². The minimum Gasteiger partial charge on any atom is -0.336 e. The van der Waals surface area contributed by atoms with Crippen molar-refractivity contribution in [1.82, 2.24) is 10.6 Å². The molecule has 0 spiro atoms. The number of nitrogens with one attached hydrogen (secondary N) is 2. The Kier molecular flexibility index (Phi) is 3.69. The van der Waals surface area contributed by atoms with Crippen molar-refractivity contribution in [3.63, 3.8) is 0 Å². The van der Waals surface area contributed by atoms with Gasteiger partial charge in [0.2, 0.25) is 0 Å². The highest BCUT2D eigenvalue weighted by atomic mass is 16.2. The average molecular weight is 225 g/mol. The maximum absolute atomic E-state index is 11.6. The summed E-state index contributed by atoms with van der Waals surface area (Å²) >= 11 is 0. The molecule has 2 aliphatic carbocycles. The molecule has 16 heavy (non-hydrogen) atoms. The summed E-state index contributed by atoms with van der Waals surface area (Å²) in [7, 11) is 0. The second-order valence-electron chi connectivity index (χ2n) is 5.38. The first-order chi connectivity index (χ1) is 7.68. The Bertz CT molecular complexity index is 243. The fraction of sp³-hybridized carbons (Fsp3) is 0.917. The maximum Gasteiger partial charge on any atom is 0.315 e. The third-order valence-electron chi connectivity index (χ3n) is 3.89. The Morgan fingerprint density at radius 2 is 1.81 bits per heavy atom. The molecule has 2 fully saturated rings. The van der Waals surface area contributed by atoms with E-state index in [1.54, 1.807) is 0 Å². The molecule has 4 heteroatoms. The van der Waals surface area contributed by atoms with E-state index in [4.69, 9.17) is 5.73 Å². The van der Waals surface area contributed by atoms with Gasteiger partial charge in [-0.05, 0) is 25.7 Å². The quantitative estimate of drug-likeness (QED) is 0.681. The molecular weight excluding hydrogens is 202 g/mol. The Hall–Kier alpha value is -0.770. The van der Waals surface area contributed by atoms with Crippen LogP contribution in [0.25, 0.3) is 0 Å². The van der Waals surface area contributed by atoms with Crippen LogP contribution in [0, 0.1) is 0 Å². The van der Waals surface area contributed by atoms with Gasteiger partial charge in [0.05, 0.1) is 0 Å². The molecule has 2 amide bonds. The molecule has 0 aromatic heterocycles. The van der Waals surface area contributed by atoms with Crippen LogP contribution in [0.5, 0.6) is 0 Å². The van der Waals surface area contributed by atoms with Gasteiger partial charge < -0.3 is 16.4 Å². The molecule has 0 unspecified atom stereocenters. The van der Waals surface area contributed by atoms with Crippen molar-refractivity contribution < 1.29 is 4.79 Å². The molecule has 2 aliphatic rings. The van der Waals surface area contributed by atoms with Crippen molar-refractivity contribution in [1.29, 1.82) is 0 Å². The molecule has 0 aliphatic heterocycles. The molecule has 0 aromatic carbocycles. The predicted octanol–water partition coefficient (Wildman–Crippen LogP) is 1.50. The monoisotopic (exact) mass is 225 g/mol. The average Bonchev–Trinajstić information content (AvgIpc) is 2.88. The molecule has 2 saturated carbocycles. The lowest BCUT2D eigenvalue weighted by Gasteiger charge is -2.24. The van der Waals surface area contributed by atoms with Gasteiger partial charge in [-0.2, -0.15) is 0 Å². The Morgan fingerprint density at radius 3 is 2.44 bits per heavy atom. The van der Waals surface area contributed by atoms with Crippen molar-refractivity contribution in [3.8, 4) is 0 Å². The molecule has 4 nitrogen and oxygen atoms in total. The van der Waals surface area contributed by atoms with Crippen LogP contribution < -0.4 is 16.4 Å². The van der Waals surface area contributed by atoms with Crippen LogP contribution in [-0.4, -0.2) is 24.2 Å². The smallest absolute Gasteiger partial charge is 0.315 e. The highest BCUT2D eigenvalue weighted by molar-refractivity contribution is 5.74. The van der Waals surface area contributed by atoms with Crippen molar-refractivity contribution in [2.45, 2.75) is 62.9 Å². The summed E-state index contributed by atoms with van der Waals surface area (Å²) in [5.74, 6) is 0. The number of hydrogen-bond donors (Lipinski definition) is 3. The SMILES string of the molecule is NC1(CNC(=O)NC2CCCC2)CCCC1. The van der Waals surface area contributed by atoms with Crippen molar-refractivity contribution in [2.75, 3.05) is 6.54 Å². The lowest BCUT2D eigenvalue weighted by molar-refractivity contribution is 0.233. The summed E-state index contributed by atoms with van der Waals surface area (Å²) in [5.41, 5.74) is 6.03. The number of rotatable bonds is 3. The molecule has 0 atom stereocenters. The minimum absolute atomic E-state index is 0.0383. The maximum atomic E-state index is 11.6. The van der Waals surface area contributed by atoms with Gasteiger partial charge in [-0.25, -0.2) is 4.79 Å². The van der Waals surface area contributed by atoms with Gasteiger partial charge >= 0.3 is 6.03 Å². The van der Waals surface area contributed by atoms with Crippen LogP contribution in [-0.2, 0) is 0 Å². The van der Waals surface area contributed by atoms with E-state index in [-0.39, 0.29) is 11.6 Å². The van der Waals surface area contributed by atoms with Crippen LogP contribution in [0.15, 0.2) is 0 Å². The number of urea groups is 1. The van der Waals surface area contributed by atoms with Crippen LogP contribution in [0.3, 0.4) is 0 Å². The zero-order chi connectivity index (χ0) is 11.4. The summed E-state index contributed by atoms with van der Waals surface area (Å²) in [5, 5.41) is 5.93. The molecule has 0 aromatic rings. The summed E-state index contributed by atoms with van der Waals surface area (Å²) in [6.07, 6.45) is 9.21. The summed E-state index contributed by atoms with van der Waals surface area (Å²) in [6.45, 7) is 0.617. The molecule has 4 N–H and O–H groups in total. The van der Waals surface area contributed by atoms with E-state index in [0.717, 1.165) is 25.7 Å². The lowest BCUT2D eigenvalue weighted by atomic mass is 10.00. The van der Waals surface area contributed by atoms with Crippen LogP contribution >= 0.6 is 0 Å². The van der Waals surface area contributed by atoms with Gasteiger partial charge in [0, 0.05) is 18.1 Å². The standard InChI is InChI=1S/C12H23N3O/c13-12(7-3-4-8-12)9-14-11(16)15-10-5-1-2-6-10/h10H,1-9,13H2,(H2,14,15,16). The van der Waals surface area contributed by atoms with Crippen LogP contribution in [0.1, 0.15) is 51.4 Å². The van der Waals surface area contributed by atoms with Crippen molar-refractivity contribution in [3.05, 3.63) is 0 Å². The summed E-state index contributed by atoms with van der Waals surface area (Å²) < 4.78 is 0. The molecule has 2 rings (SSSR count). The molecule has 0 heterocycles. The Balaban J connectivity index is 1.66. The fourth-order valence-corrected chi connectivity index (χ4v) is 2.82. The van der Waals surface area contributed by atoms with E-state index in [0.29, 0.717) is 12.6 Å². The third-order valence-corrected chi connectivity index (χ3v) is 3.89. The van der Waals surface area contributed by atoms with E-state index in [9.17, 15) is 4.79 Å². The molecule has 92 valence electrons. The normalized spacial score (nSPS) is 24.6. The zero-order valence-electron chi connectivity index (χ0n) is 9.93. The van der Waals surface area contributed by atoms with Gasteiger partial charge in [-0.3, -0.25) is 0 Å². The van der Waals surface area contributed by atoms with Gasteiger partial charge in [-0.1, -0.05) is 25.7 Å². The molecular formula is C12H23N3O. The molecule has 0 saturated heterocycles. The Labute approximate surface area is 97.3 Å². The van der Waals surface area contributed by atoms with Gasteiger partial charge in [0.15, 0.2) is 0 Å². The van der Waals surface area contributed by atoms with Gasteiger partial charge in [0.25, 0.3) is 0 Å². The largest absolute Gasteiger partial charge is 0.336 e. The Morgan fingerprint density at radius 1 is 1.19 bits per heavy atom. The van der Waals surface area contributed by atoms with Gasteiger partial charge in [0.1, 0.15) is 0 Å². The lowest BCUT2D eigenvalue weighted by Crippen LogP contribution is -2.51. The number of carbonyl (C=O) groups is 1. The van der Waals surface area contributed by atoms with Crippen LogP contribution in [0.4, 0.5) is 4.79 Å². The number of hydrogen-bond acceptors (Lipinski definition) is 2. The first-order valence-electron chi connectivity index (χ1n) is 6.51. The van der Waals surface area contributed by atoms with E-state index in [2.05, 4.69) is 10.6 Å². The fourth-order valence-electron chi connectivity index (χ4n) is 2.82. The van der Waals surface area contributed by atoms with E-state index < -0.39 is 0 Å². The van der Waals surface area contributed by atoms with Gasteiger partial charge in [-0.15, -0.1) is 0 Å². The van der Waals surface area contributed by atoms with E-state index >= 15 is 0 Å². The first-order valence-corrected chi connectivity index (χ1v) is 6.51. The van der Waals surface area contributed by atoms with E-state index in [1.165, 1.54) is 25.7 Å². The van der Waals surface area contributed by atoms with Crippen molar-refractivity contribution >= 4 is 6.03 Å². The first kappa shape index (κ1) is 11.7. The van der Waals surface area contributed by atoms with Crippen molar-refractivity contribution in [2.24, 2.45) is 5.73 Å². The van der Waals surface area contributed by atoms with E-state index in [1.807, 2.05) is 0 Å². The summed E-state index contributed by atoms with van der Waals surface area (Å²) in [6, 6.07) is 0.348. The second-order valence-corrected chi connectivity index (χ2v) is 5.38. The highest BCUT2D eigenvalue weighted by Crippen LogP contribution is 2.26. The third kappa shape index (κ3) is 3.11. The second kappa shape index (κ2) is 5.04. The summed E-state index contributed by atoms with van der Waals surface area (Å²) in [4.78, 5) is 11.6. The predicted molar refractivity (Wildman–Crippen MR) is 64.2 cm³/mol.